The van der Waals surface area contributed by atoms with Gasteiger partial charge in [0.15, 0.2) is 0 Å². The first-order valence-corrected chi connectivity index (χ1v) is 9.32. The molecule has 0 aliphatic carbocycles. The number of nitrogens with one attached hydrogen (secondary N) is 2. The number of piperidine rings is 1. The van der Waals surface area contributed by atoms with Crippen LogP contribution in [-0.4, -0.2) is 25.0 Å². The maximum absolute atomic E-state index is 12.0. The first-order valence-electron chi connectivity index (χ1n) is 8.95. The van der Waals surface area contributed by atoms with E-state index in [2.05, 4.69) is 15.5 Å². The van der Waals surface area contributed by atoms with Crippen LogP contribution in [0.25, 0.3) is 0 Å². The van der Waals surface area contributed by atoms with Crippen LogP contribution in [0.4, 0.5) is 16.2 Å². The van der Waals surface area contributed by atoms with Crippen molar-refractivity contribution in [2.24, 2.45) is 11.7 Å². The number of rotatable bonds is 5. The van der Waals surface area contributed by atoms with E-state index in [4.69, 9.17) is 17.3 Å². The fourth-order valence-electron chi connectivity index (χ4n) is 3.16. The number of halogens is 1. The molecule has 1 atom stereocenters. The first kappa shape index (κ1) is 19.0. The number of urea groups is 1. The van der Waals surface area contributed by atoms with Gasteiger partial charge in [0.05, 0.1) is 5.92 Å². The molecule has 0 saturated carbocycles. The Morgan fingerprint density at radius 2 is 1.81 bits per heavy atom. The molecule has 1 fully saturated rings. The normalized spacial score (nSPS) is 16.6. The summed E-state index contributed by atoms with van der Waals surface area (Å²) in [7, 11) is 0. The summed E-state index contributed by atoms with van der Waals surface area (Å²) >= 11 is 5.83. The van der Waals surface area contributed by atoms with Crippen molar-refractivity contribution in [2.75, 3.05) is 23.3 Å². The Bertz CT molecular complexity index is 793. The van der Waals surface area contributed by atoms with Crippen LogP contribution in [0.15, 0.2) is 48.5 Å². The quantitative estimate of drug-likeness (QED) is 0.736. The van der Waals surface area contributed by atoms with Gasteiger partial charge in [-0.1, -0.05) is 23.7 Å². The number of hydrogen-bond donors (Lipinski definition) is 3. The zero-order chi connectivity index (χ0) is 19.2. The Balaban J connectivity index is 1.51. The third-order valence-corrected chi connectivity index (χ3v) is 4.93. The molecule has 2 aromatic carbocycles. The number of nitrogens with two attached hydrogens (primary N) is 1. The van der Waals surface area contributed by atoms with Crippen molar-refractivity contribution >= 4 is 34.9 Å². The van der Waals surface area contributed by atoms with E-state index in [9.17, 15) is 9.59 Å². The highest BCUT2D eigenvalue weighted by Crippen LogP contribution is 2.23. The Morgan fingerprint density at radius 3 is 2.48 bits per heavy atom. The van der Waals surface area contributed by atoms with Crippen LogP contribution in [0.2, 0.25) is 5.02 Å². The van der Waals surface area contributed by atoms with Crippen molar-refractivity contribution in [3.63, 3.8) is 0 Å². The summed E-state index contributed by atoms with van der Waals surface area (Å²) in [6.45, 7) is 2.00. The second-order valence-corrected chi connectivity index (χ2v) is 7.10. The summed E-state index contributed by atoms with van der Waals surface area (Å²) < 4.78 is 0. The predicted molar refractivity (Wildman–Crippen MR) is 108 cm³/mol. The van der Waals surface area contributed by atoms with Gasteiger partial charge in [0.1, 0.15) is 0 Å². The largest absolute Gasteiger partial charge is 0.371 e. The Hall–Kier alpha value is -2.73. The van der Waals surface area contributed by atoms with Crippen LogP contribution in [0, 0.1) is 5.92 Å². The van der Waals surface area contributed by atoms with Crippen molar-refractivity contribution in [2.45, 2.75) is 19.4 Å². The van der Waals surface area contributed by atoms with E-state index < -0.39 is 0 Å². The molecule has 27 heavy (non-hydrogen) atoms. The van der Waals surface area contributed by atoms with Crippen LogP contribution in [0.5, 0.6) is 0 Å². The number of anilines is 2. The number of carbonyl (C=O) groups excluding carboxylic acids is 2. The maximum atomic E-state index is 12.0. The molecule has 7 heteroatoms. The van der Waals surface area contributed by atoms with Gasteiger partial charge in [-0.2, -0.15) is 0 Å². The lowest BCUT2D eigenvalue weighted by molar-refractivity contribution is -0.122. The van der Waals surface area contributed by atoms with Crippen molar-refractivity contribution in [3.8, 4) is 0 Å². The number of amides is 3. The van der Waals surface area contributed by atoms with Crippen LogP contribution >= 0.6 is 11.6 Å². The summed E-state index contributed by atoms with van der Waals surface area (Å²) in [4.78, 5) is 25.6. The molecule has 142 valence electrons. The minimum Gasteiger partial charge on any atom is -0.371 e. The minimum absolute atomic E-state index is 0.0864. The molecule has 0 spiro atoms. The summed E-state index contributed by atoms with van der Waals surface area (Å²) in [5.74, 6) is -0.316. The van der Waals surface area contributed by atoms with Crippen molar-refractivity contribution in [1.82, 2.24) is 5.32 Å². The number of benzene rings is 2. The van der Waals surface area contributed by atoms with E-state index in [1.165, 1.54) is 0 Å². The van der Waals surface area contributed by atoms with E-state index in [-0.39, 0.29) is 17.9 Å². The van der Waals surface area contributed by atoms with Gasteiger partial charge in [-0.05, 0) is 54.8 Å². The van der Waals surface area contributed by atoms with Gasteiger partial charge in [-0.15, -0.1) is 0 Å². The highest BCUT2D eigenvalue weighted by atomic mass is 35.5. The number of nitrogens with zero attached hydrogens (tertiary/aromatic N) is 1. The fourth-order valence-corrected chi connectivity index (χ4v) is 3.29. The molecule has 3 rings (SSSR count). The summed E-state index contributed by atoms with van der Waals surface area (Å²) in [5, 5.41) is 6.20. The van der Waals surface area contributed by atoms with Crippen molar-refractivity contribution in [3.05, 3.63) is 59.1 Å². The summed E-state index contributed by atoms with van der Waals surface area (Å²) in [6.07, 6.45) is 1.82. The third kappa shape index (κ3) is 5.37. The minimum atomic E-state index is -0.276. The lowest BCUT2D eigenvalue weighted by Gasteiger charge is -2.33. The van der Waals surface area contributed by atoms with E-state index in [0.29, 0.717) is 23.8 Å². The van der Waals surface area contributed by atoms with Crippen molar-refractivity contribution < 1.29 is 9.59 Å². The molecule has 0 bridgehead atoms. The second-order valence-electron chi connectivity index (χ2n) is 6.67. The van der Waals surface area contributed by atoms with E-state index in [0.717, 1.165) is 30.6 Å². The Morgan fingerprint density at radius 1 is 1.11 bits per heavy atom. The molecule has 1 heterocycles. The smallest absolute Gasteiger partial charge is 0.319 e. The molecular formula is C20H23ClN4O2. The molecular weight excluding hydrogens is 364 g/mol. The molecule has 0 aromatic heterocycles. The Kier molecular flexibility index (Phi) is 6.19. The van der Waals surface area contributed by atoms with Gasteiger partial charge in [0.2, 0.25) is 5.91 Å². The lowest BCUT2D eigenvalue weighted by atomic mass is 9.97. The van der Waals surface area contributed by atoms with Crippen LogP contribution in [0.3, 0.4) is 0 Å². The molecule has 4 N–H and O–H groups in total. The van der Waals surface area contributed by atoms with Gasteiger partial charge in [-0.25, -0.2) is 4.79 Å². The molecule has 3 amide bonds. The summed E-state index contributed by atoms with van der Waals surface area (Å²) in [6, 6.07) is 14.6. The van der Waals surface area contributed by atoms with Crippen molar-refractivity contribution in [1.29, 1.82) is 0 Å². The number of primary amides is 1. The highest BCUT2D eigenvalue weighted by molar-refractivity contribution is 6.30. The number of hydrogen-bond acceptors (Lipinski definition) is 3. The van der Waals surface area contributed by atoms with E-state index >= 15 is 0 Å². The zero-order valence-electron chi connectivity index (χ0n) is 15.0. The standard InChI is InChI=1S/C20H23ClN4O2/c21-16-5-7-17(8-6-16)24-20(27)23-12-14-3-9-18(10-4-14)25-11-1-2-15(13-25)19(22)26/h3-10,15H,1-2,11-13H2,(H2,22,26)(H2,23,24,27)/t15-/m0/s1. The molecule has 0 radical (unpaired) electrons. The van der Waals surface area contributed by atoms with E-state index in [1.807, 2.05) is 24.3 Å². The lowest BCUT2D eigenvalue weighted by Crippen LogP contribution is -2.41. The molecule has 1 aliphatic heterocycles. The monoisotopic (exact) mass is 386 g/mol. The zero-order valence-corrected chi connectivity index (χ0v) is 15.7. The topological polar surface area (TPSA) is 87.5 Å². The predicted octanol–water partition coefficient (Wildman–Crippen LogP) is 3.36. The average Bonchev–Trinajstić information content (AvgIpc) is 2.69. The van der Waals surface area contributed by atoms with Crippen LogP contribution in [-0.2, 0) is 11.3 Å². The van der Waals surface area contributed by atoms with E-state index in [1.54, 1.807) is 24.3 Å². The van der Waals surface area contributed by atoms with Gasteiger partial charge in [-0.3, -0.25) is 4.79 Å². The number of carbonyl (C=O) groups is 2. The van der Waals surface area contributed by atoms with Crippen LogP contribution in [0.1, 0.15) is 18.4 Å². The maximum Gasteiger partial charge on any atom is 0.319 e. The average molecular weight is 387 g/mol. The van der Waals surface area contributed by atoms with Crippen LogP contribution < -0.4 is 21.3 Å². The highest BCUT2D eigenvalue weighted by Gasteiger charge is 2.23. The van der Waals surface area contributed by atoms with Gasteiger partial charge in [0.25, 0.3) is 0 Å². The SMILES string of the molecule is NC(=O)[C@H]1CCCN(c2ccc(CNC(=O)Nc3ccc(Cl)cc3)cc2)C1. The molecule has 1 saturated heterocycles. The Labute approximate surface area is 163 Å². The first-order chi connectivity index (χ1) is 13.0. The molecule has 6 nitrogen and oxygen atoms in total. The third-order valence-electron chi connectivity index (χ3n) is 4.68. The summed E-state index contributed by atoms with van der Waals surface area (Å²) in [5.41, 5.74) is 8.18. The van der Waals surface area contributed by atoms with Gasteiger partial charge in [0, 0.05) is 36.0 Å². The van der Waals surface area contributed by atoms with Gasteiger partial charge >= 0.3 is 6.03 Å². The van der Waals surface area contributed by atoms with Gasteiger partial charge < -0.3 is 21.3 Å². The second kappa shape index (κ2) is 8.77. The fraction of sp³-hybridized carbons (Fsp3) is 0.300. The molecule has 0 unspecified atom stereocenters. The molecule has 1 aliphatic rings. The molecule has 2 aromatic rings.